The van der Waals surface area contributed by atoms with Crippen molar-refractivity contribution in [1.29, 1.82) is 0 Å². The minimum atomic E-state index is 0.882. The Bertz CT molecular complexity index is 341. The summed E-state index contributed by atoms with van der Waals surface area (Å²) in [6.45, 7) is 8.76. The van der Waals surface area contributed by atoms with Crippen molar-refractivity contribution in [3.8, 4) is 0 Å². The average Bonchev–Trinajstić information content (AvgIpc) is 2.41. The maximum absolute atomic E-state index is 4.48. The average molecular weight is 248 g/mol. The van der Waals surface area contributed by atoms with Crippen LogP contribution in [0.5, 0.6) is 0 Å². The Kier molecular flexibility index (Phi) is 4.93. The van der Waals surface area contributed by atoms with E-state index in [2.05, 4.69) is 34.0 Å². The van der Waals surface area contributed by atoms with Gasteiger partial charge in [0.25, 0.3) is 0 Å². The third-order valence-corrected chi connectivity index (χ3v) is 3.52. The molecule has 1 saturated heterocycles. The van der Waals surface area contributed by atoms with Gasteiger partial charge in [0.05, 0.1) is 18.1 Å². The van der Waals surface area contributed by atoms with Gasteiger partial charge in [-0.2, -0.15) is 0 Å². The summed E-state index contributed by atoms with van der Waals surface area (Å²) in [7, 11) is 0. The number of aromatic nitrogens is 2. The molecule has 0 radical (unpaired) electrons. The van der Waals surface area contributed by atoms with Crippen LogP contribution in [0.2, 0.25) is 0 Å². The van der Waals surface area contributed by atoms with Crippen molar-refractivity contribution in [2.45, 2.75) is 39.7 Å². The van der Waals surface area contributed by atoms with Crippen LogP contribution in [0, 0.1) is 5.92 Å². The summed E-state index contributed by atoms with van der Waals surface area (Å²) in [6, 6.07) is 0. The number of likely N-dealkylation sites (tertiary alicyclic amines) is 1. The van der Waals surface area contributed by atoms with Crippen molar-refractivity contribution >= 4 is 5.82 Å². The summed E-state index contributed by atoms with van der Waals surface area (Å²) in [4.78, 5) is 11.3. The van der Waals surface area contributed by atoms with Gasteiger partial charge in [0.2, 0.25) is 0 Å². The van der Waals surface area contributed by atoms with Crippen LogP contribution in [0.3, 0.4) is 0 Å². The molecule has 2 heterocycles. The van der Waals surface area contributed by atoms with Crippen molar-refractivity contribution in [1.82, 2.24) is 14.9 Å². The monoisotopic (exact) mass is 248 g/mol. The molecule has 1 aliphatic heterocycles. The number of nitrogens with one attached hydrogen (secondary N) is 1. The van der Waals surface area contributed by atoms with E-state index in [4.69, 9.17) is 0 Å². The fraction of sp³-hybridized carbons (Fsp3) is 0.714. The minimum Gasteiger partial charge on any atom is -0.369 e. The highest BCUT2D eigenvalue weighted by Crippen LogP contribution is 2.17. The van der Waals surface area contributed by atoms with E-state index >= 15 is 0 Å². The van der Waals surface area contributed by atoms with Gasteiger partial charge in [-0.25, -0.2) is 4.98 Å². The molecule has 0 spiro atoms. The molecule has 0 saturated carbocycles. The lowest BCUT2D eigenvalue weighted by Crippen LogP contribution is -2.32. The second-order valence-electron chi connectivity index (χ2n) is 5.28. The lowest BCUT2D eigenvalue weighted by atomic mass is 9.99. The van der Waals surface area contributed by atoms with Crippen molar-refractivity contribution in [2.75, 3.05) is 25.0 Å². The number of rotatable bonds is 5. The van der Waals surface area contributed by atoms with Crippen LogP contribution in [0.4, 0.5) is 5.82 Å². The van der Waals surface area contributed by atoms with Gasteiger partial charge in [-0.1, -0.05) is 13.8 Å². The van der Waals surface area contributed by atoms with Gasteiger partial charge in [-0.15, -0.1) is 0 Å². The molecular weight excluding hydrogens is 224 g/mol. The first-order valence-corrected chi connectivity index (χ1v) is 7.05. The van der Waals surface area contributed by atoms with E-state index in [1.807, 2.05) is 12.4 Å². The Morgan fingerprint density at radius 2 is 2.06 bits per heavy atom. The van der Waals surface area contributed by atoms with Crippen LogP contribution < -0.4 is 5.32 Å². The van der Waals surface area contributed by atoms with Crippen LogP contribution in [-0.2, 0) is 6.54 Å². The molecule has 0 amide bonds. The second kappa shape index (κ2) is 6.69. The molecule has 0 aliphatic carbocycles. The molecule has 0 atom stereocenters. The van der Waals surface area contributed by atoms with E-state index in [9.17, 15) is 0 Å². The normalized spacial score (nSPS) is 17.9. The van der Waals surface area contributed by atoms with Gasteiger partial charge >= 0.3 is 0 Å². The number of hydrogen-bond donors (Lipinski definition) is 1. The molecule has 1 N–H and O–H groups in total. The predicted octanol–water partition coefficient (Wildman–Crippen LogP) is 2.53. The van der Waals surface area contributed by atoms with Crippen molar-refractivity contribution in [2.24, 2.45) is 5.92 Å². The van der Waals surface area contributed by atoms with Gasteiger partial charge < -0.3 is 5.32 Å². The number of hydrogen-bond acceptors (Lipinski definition) is 4. The van der Waals surface area contributed by atoms with Crippen LogP contribution >= 0.6 is 0 Å². The summed E-state index contributed by atoms with van der Waals surface area (Å²) < 4.78 is 0. The molecule has 1 aromatic heterocycles. The fourth-order valence-corrected chi connectivity index (χ4v) is 2.23. The van der Waals surface area contributed by atoms with Gasteiger partial charge in [0.15, 0.2) is 0 Å². The highest BCUT2D eigenvalue weighted by molar-refractivity contribution is 5.30. The highest BCUT2D eigenvalue weighted by Gasteiger charge is 2.16. The zero-order valence-electron chi connectivity index (χ0n) is 11.5. The maximum Gasteiger partial charge on any atom is 0.144 e. The lowest BCUT2D eigenvalue weighted by Gasteiger charge is -2.29. The van der Waals surface area contributed by atoms with Gasteiger partial charge in [-0.05, 0) is 38.3 Å². The highest BCUT2D eigenvalue weighted by atomic mass is 15.1. The lowest BCUT2D eigenvalue weighted by molar-refractivity contribution is 0.183. The van der Waals surface area contributed by atoms with Crippen LogP contribution in [-0.4, -0.2) is 34.5 Å². The van der Waals surface area contributed by atoms with Crippen LogP contribution in [0.25, 0.3) is 0 Å². The number of nitrogens with zero attached hydrogens (tertiary/aromatic N) is 3. The zero-order valence-corrected chi connectivity index (χ0v) is 11.5. The van der Waals surface area contributed by atoms with Gasteiger partial charge in [-0.3, -0.25) is 9.88 Å². The van der Waals surface area contributed by atoms with Gasteiger partial charge in [0.1, 0.15) is 5.82 Å². The largest absolute Gasteiger partial charge is 0.369 e. The maximum atomic E-state index is 4.48. The Morgan fingerprint density at radius 3 is 2.67 bits per heavy atom. The molecule has 4 nitrogen and oxygen atoms in total. The van der Waals surface area contributed by atoms with Crippen molar-refractivity contribution in [3.63, 3.8) is 0 Å². The molecule has 2 rings (SSSR count). The molecule has 0 unspecified atom stereocenters. The summed E-state index contributed by atoms with van der Waals surface area (Å²) >= 11 is 0. The van der Waals surface area contributed by atoms with E-state index in [0.29, 0.717) is 0 Å². The van der Waals surface area contributed by atoms with E-state index < -0.39 is 0 Å². The molecule has 18 heavy (non-hydrogen) atoms. The molecule has 1 fully saturated rings. The van der Waals surface area contributed by atoms with E-state index in [1.54, 1.807) is 0 Å². The third kappa shape index (κ3) is 3.95. The number of piperidine rings is 1. The summed E-state index contributed by atoms with van der Waals surface area (Å²) in [5.41, 5.74) is 1.08. The molecule has 1 aromatic rings. The third-order valence-electron chi connectivity index (χ3n) is 3.52. The molecular formula is C14H24N4. The van der Waals surface area contributed by atoms with Gasteiger partial charge in [0, 0.05) is 13.1 Å². The predicted molar refractivity (Wildman–Crippen MR) is 74.5 cm³/mol. The summed E-state index contributed by atoms with van der Waals surface area (Å²) in [5.74, 6) is 1.76. The topological polar surface area (TPSA) is 41.1 Å². The Labute approximate surface area is 110 Å². The molecule has 4 heteroatoms. The second-order valence-corrected chi connectivity index (χ2v) is 5.28. The Balaban J connectivity index is 1.82. The van der Waals surface area contributed by atoms with Crippen LogP contribution in [0.15, 0.2) is 12.4 Å². The SMILES string of the molecule is CCCNc1cnc(CN2CCC(C)CC2)cn1. The fourth-order valence-electron chi connectivity index (χ4n) is 2.23. The van der Waals surface area contributed by atoms with E-state index in [1.165, 1.54) is 25.9 Å². The zero-order chi connectivity index (χ0) is 12.8. The van der Waals surface area contributed by atoms with E-state index in [-0.39, 0.29) is 0 Å². The Morgan fingerprint density at radius 1 is 1.28 bits per heavy atom. The summed E-state index contributed by atoms with van der Waals surface area (Å²) in [6.07, 6.45) is 7.47. The van der Waals surface area contributed by atoms with Crippen molar-refractivity contribution in [3.05, 3.63) is 18.1 Å². The number of anilines is 1. The molecule has 100 valence electrons. The van der Waals surface area contributed by atoms with Crippen LogP contribution in [0.1, 0.15) is 38.8 Å². The first kappa shape index (κ1) is 13.3. The molecule has 0 bridgehead atoms. The quantitative estimate of drug-likeness (QED) is 0.869. The first-order valence-electron chi connectivity index (χ1n) is 7.05. The standard InChI is InChI=1S/C14H24N4/c1-3-6-15-14-10-16-13(9-17-14)11-18-7-4-12(2)5-8-18/h9-10,12H,3-8,11H2,1-2H3,(H,15,17). The van der Waals surface area contributed by atoms with Crippen molar-refractivity contribution < 1.29 is 0 Å². The molecule has 1 aliphatic rings. The summed E-state index contributed by atoms with van der Waals surface area (Å²) in [5, 5.41) is 3.24. The minimum absolute atomic E-state index is 0.882. The van der Waals surface area contributed by atoms with E-state index in [0.717, 1.165) is 36.9 Å². The first-order chi connectivity index (χ1) is 8.78. The molecule has 0 aromatic carbocycles. The smallest absolute Gasteiger partial charge is 0.144 e. The Hall–Kier alpha value is -1.16.